The van der Waals surface area contributed by atoms with Crippen LogP contribution in [-0.4, -0.2) is 0 Å². The van der Waals surface area contributed by atoms with Crippen LogP contribution in [0.1, 0.15) is 167 Å². The van der Waals surface area contributed by atoms with Crippen molar-refractivity contribution in [2.75, 3.05) is 0 Å². The second kappa shape index (κ2) is 12.4. The first-order chi connectivity index (χ1) is 21.1. The first kappa shape index (κ1) is 34.8. The third kappa shape index (κ3) is 5.05. The molecule has 0 saturated heterocycles. The highest BCUT2D eigenvalue weighted by molar-refractivity contribution is 5.20. The Labute approximate surface area is 283 Å². The predicted octanol–water partition coefficient (Wildman–Crippen LogP) is 13.4. The van der Waals surface area contributed by atoms with Crippen LogP contribution in [0, 0.1) is 117 Å². The molecule has 260 valence electrons. The molecular formula is C45H80. The fraction of sp³-hybridized carbons (Fsp3) is 1.00. The van der Waals surface area contributed by atoms with Crippen LogP contribution < -0.4 is 0 Å². The van der Waals surface area contributed by atoms with Gasteiger partial charge in [0.15, 0.2) is 0 Å². The lowest BCUT2D eigenvalue weighted by atomic mass is 9.28. The van der Waals surface area contributed by atoms with Gasteiger partial charge in [-0.3, -0.25) is 0 Å². The van der Waals surface area contributed by atoms with Crippen LogP contribution in [0.15, 0.2) is 0 Å². The van der Waals surface area contributed by atoms with E-state index in [2.05, 4.69) is 90.0 Å². The summed E-state index contributed by atoms with van der Waals surface area (Å²) in [5.74, 6) is 15.3. The molecule has 0 N–H and O–H groups in total. The van der Waals surface area contributed by atoms with Gasteiger partial charge in [-0.2, -0.15) is 0 Å². The Morgan fingerprint density at radius 3 is 1.96 bits per heavy atom. The van der Waals surface area contributed by atoms with E-state index in [4.69, 9.17) is 0 Å². The van der Waals surface area contributed by atoms with Crippen LogP contribution in [-0.2, 0) is 0 Å². The zero-order valence-electron chi connectivity index (χ0n) is 32.8. The third-order valence-electron chi connectivity index (χ3n) is 19.7. The molecule has 0 aromatic rings. The molecule has 45 heavy (non-hydrogen) atoms. The second-order valence-electron chi connectivity index (χ2n) is 21.0. The third-order valence-corrected chi connectivity index (χ3v) is 19.7. The maximum atomic E-state index is 2.84. The number of rotatable bonds is 5. The van der Waals surface area contributed by atoms with Crippen LogP contribution in [0.25, 0.3) is 0 Å². The summed E-state index contributed by atoms with van der Waals surface area (Å²) in [6.07, 6.45) is 18.3. The van der Waals surface area contributed by atoms with Gasteiger partial charge in [0.25, 0.3) is 0 Å². The lowest BCUT2D eigenvalue weighted by Gasteiger charge is -2.77. The zero-order valence-corrected chi connectivity index (χ0v) is 32.8. The van der Waals surface area contributed by atoms with Crippen molar-refractivity contribution < 1.29 is 0 Å². The molecule has 0 aromatic heterocycles. The molecule has 6 saturated carbocycles. The standard InChI is InChI=1S/C45H80/c1-26(2)40-28(4)25-43(11)34(10)44(12)31(7)38-22-21-36(23-27(3)24-37-19-16-18-35-17-14-15-20-39(35)37)29(5)41(38)30(6)42(44)33(9)45(43,13)32(40)8/h26-42H,14-25H2,1-13H3. The van der Waals surface area contributed by atoms with Gasteiger partial charge in [0.2, 0.25) is 0 Å². The smallest absolute Gasteiger partial charge is 0.0212 e. The van der Waals surface area contributed by atoms with E-state index in [-0.39, 0.29) is 0 Å². The molecule has 6 rings (SSSR count). The van der Waals surface area contributed by atoms with E-state index >= 15 is 0 Å². The summed E-state index contributed by atoms with van der Waals surface area (Å²) >= 11 is 0. The highest BCUT2D eigenvalue weighted by Gasteiger charge is 2.72. The van der Waals surface area contributed by atoms with Gasteiger partial charge in [-0.05, 0) is 155 Å². The first-order valence-electron chi connectivity index (χ1n) is 21.1. The molecule has 0 aromatic carbocycles. The van der Waals surface area contributed by atoms with Crippen molar-refractivity contribution in [1.29, 1.82) is 0 Å². The molecular weight excluding hydrogens is 540 g/mol. The van der Waals surface area contributed by atoms with E-state index in [9.17, 15) is 0 Å². The summed E-state index contributed by atoms with van der Waals surface area (Å²) < 4.78 is 0. The average Bonchev–Trinajstić information content (AvgIpc) is 2.98. The maximum absolute atomic E-state index is 2.84. The monoisotopic (exact) mass is 621 g/mol. The molecule has 6 aliphatic carbocycles. The molecule has 0 heteroatoms. The summed E-state index contributed by atoms with van der Waals surface area (Å²) in [5, 5.41) is 0. The largest absolute Gasteiger partial charge is 0.0625 e. The molecule has 19 atom stereocenters. The van der Waals surface area contributed by atoms with Gasteiger partial charge >= 0.3 is 0 Å². The molecule has 19 unspecified atom stereocenters. The van der Waals surface area contributed by atoms with E-state index < -0.39 is 0 Å². The predicted molar refractivity (Wildman–Crippen MR) is 196 cm³/mol. The lowest BCUT2D eigenvalue weighted by molar-refractivity contribution is -0.291. The molecule has 0 aliphatic heterocycles. The Morgan fingerprint density at radius 1 is 0.622 bits per heavy atom. The van der Waals surface area contributed by atoms with E-state index in [1.54, 1.807) is 32.1 Å². The van der Waals surface area contributed by atoms with Gasteiger partial charge in [-0.1, -0.05) is 129 Å². The van der Waals surface area contributed by atoms with Crippen molar-refractivity contribution in [3.63, 3.8) is 0 Å². The van der Waals surface area contributed by atoms with Crippen molar-refractivity contribution in [3.8, 4) is 0 Å². The Kier molecular flexibility index (Phi) is 9.60. The van der Waals surface area contributed by atoms with E-state index in [1.807, 2.05) is 0 Å². The fourth-order valence-electron chi connectivity index (χ4n) is 17.4. The van der Waals surface area contributed by atoms with Gasteiger partial charge < -0.3 is 0 Å². The Morgan fingerprint density at radius 2 is 1.27 bits per heavy atom. The van der Waals surface area contributed by atoms with Crippen molar-refractivity contribution >= 4 is 0 Å². The molecule has 6 aliphatic rings. The Hall–Kier alpha value is 0. The SMILES string of the molecule is CC(CC1CCC2C(C1C)C(C)C1C(C)C3(C)C(C)C(C(C)C)C(C)CC3(C)C(C)C1(C)C2C)CC1CCCC2CCCCC21. The Balaban J connectivity index is 1.24. The maximum Gasteiger partial charge on any atom is -0.0212 e. The second-order valence-corrected chi connectivity index (χ2v) is 21.0. The van der Waals surface area contributed by atoms with Crippen LogP contribution in [0.4, 0.5) is 0 Å². The normalized spacial score (nSPS) is 57.3. The summed E-state index contributed by atoms with van der Waals surface area (Å²) in [5.41, 5.74) is 1.30. The van der Waals surface area contributed by atoms with E-state index in [1.165, 1.54) is 44.9 Å². The number of hydrogen-bond acceptors (Lipinski definition) is 0. The van der Waals surface area contributed by atoms with E-state index in [0.29, 0.717) is 16.2 Å². The number of hydrogen-bond donors (Lipinski definition) is 0. The van der Waals surface area contributed by atoms with Crippen LogP contribution >= 0.6 is 0 Å². The van der Waals surface area contributed by atoms with Crippen LogP contribution in [0.3, 0.4) is 0 Å². The minimum absolute atomic E-state index is 0.418. The topological polar surface area (TPSA) is 0 Å². The van der Waals surface area contributed by atoms with Crippen LogP contribution in [0.2, 0.25) is 0 Å². The van der Waals surface area contributed by atoms with Crippen molar-refractivity contribution in [3.05, 3.63) is 0 Å². The van der Waals surface area contributed by atoms with Gasteiger partial charge in [0.1, 0.15) is 0 Å². The molecule has 0 heterocycles. The quantitative estimate of drug-likeness (QED) is 0.287. The zero-order chi connectivity index (χ0) is 32.8. The molecule has 6 fully saturated rings. The van der Waals surface area contributed by atoms with Crippen molar-refractivity contribution in [2.45, 2.75) is 167 Å². The minimum atomic E-state index is 0.418. The van der Waals surface area contributed by atoms with Gasteiger partial charge in [-0.25, -0.2) is 0 Å². The fourth-order valence-corrected chi connectivity index (χ4v) is 17.4. The lowest BCUT2D eigenvalue weighted by Crippen LogP contribution is -2.71. The summed E-state index contributed by atoms with van der Waals surface area (Å²) in [4.78, 5) is 0. The highest BCUT2D eigenvalue weighted by Crippen LogP contribution is 2.78. The molecule has 0 bridgehead atoms. The van der Waals surface area contributed by atoms with Gasteiger partial charge in [0, 0.05) is 0 Å². The summed E-state index contributed by atoms with van der Waals surface area (Å²) in [6, 6.07) is 0. The molecule has 0 amide bonds. The summed E-state index contributed by atoms with van der Waals surface area (Å²) in [7, 11) is 0. The summed E-state index contributed by atoms with van der Waals surface area (Å²) in [6.45, 7) is 35.4. The Bertz CT molecular complexity index is 1020. The highest BCUT2D eigenvalue weighted by atomic mass is 14.8. The van der Waals surface area contributed by atoms with Gasteiger partial charge in [0.05, 0.1) is 0 Å². The van der Waals surface area contributed by atoms with Gasteiger partial charge in [-0.15, -0.1) is 0 Å². The van der Waals surface area contributed by atoms with E-state index in [0.717, 1.165) is 101 Å². The molecule has 0 nitrogen and oxygen atoms in total. The first-order valence-corrected chi connectivity index (χ1v) is 21.1. The average molecular weight is 621 g/mol. The van der Waals surface area contributed by atoms with Crippen molar-refractivity contribution in [1.82, 2.24) is 0 Å². The molecule has 0 spiro atoms. The number of fused-ring (bicyclic) bond motifs is 4. The van der Waals surface area contributed by atoms with Crippen LogP contribution in [0.5, 0.6) is 0 Å². The van der Waals surface area contributed by atoms with Crippen molar-refractivity contribution in [2.24, 2.45) is 117 Å². The molecule has 0 radical (unpaired) electrons. The minimum Gasteiger partial charge on any atom is -0.0625 e.